The highest BCUT2D eigenvalue weighted by molar-refractivity contribution is 5.77. The van der Waals surface area contributed by atoms with Crippen molar-refractivity contribution < 1.29 is 10.2 Å². The Balaban J connectivity index is 2.18. The van der Waals surface area contributed by atoms with Crippen LogP contribution in [0.4, 0.5) is 0 Å². The Hall–Kier alpha value is -2.62. The molecule has 4 nitrogen and oxygen atoms in total. The Bertz CT molecular complexity index is 903. The topological polar surface area (TPSA) is 66.2 Å². The molecule has 154 valence electrons. The Morgan fingerprint density at radius 1 is 1.21 bits per heavy atom. The van der Waals surface area contributed by atoms with Crippen LogP contribution in [-0.4, -0.2) is 20.2 Å². The van der Waals surface area contributed by atoms with Crippen molar-refractivity contribution in [1.82, 2.24) is 9.97 Å². The maximum Gasteiger partial charge on any atom is 0.131 e. The second-order valence-electron chi connectivity index (χ2n) is 8.31. The van der Waals surface area contributed by atoms with Crippen molar-refractivity contribution >= 4 is 0 Å². The minimum atomic E-state index is -0.0886. The Morgan fingerprint density at radius 3 is 2.59 bits per heavy atom. The first kappa shape index (κ1) is 21.1. The van der Waals surface area contributed by atoms with E-state index < -0.39 is 0 Å². The number of aryl methyl sites for hydroxylation is 1. The fourth-order valence-electron chi connectivity index (χ4n) is 4.47. The molecule has 2 atom stereocenters. The van der Waals surface area contributed by atoms with Crippen LogP contribution < -0.4 is 0 Å². The van der Waals surface area contributed by atoms with Crippen LogP contribution >= 0.6 is 0 Å². The first-order valence-corrected chi connectivity index (χ1v) is 10.6. The molecule has 0 fully saturated rings. The largest absolute Gasteiger partial charge is 0.507 e. The molecule has 1 heterocycles. The van der Waals surface area contributed by atoms with Crippen molar-refractivity contribution in [3.05, 3.63) is 59.7 Å². The van der Waals surface area contributed by atoms with E-state index >= 15 is 0 Å². The molecule has 0 amide bonds. The van der Waals surface area contributed by atoms with E-state index in [1.165, 1.54) is 11.9 Å². The average molecular weight is 393 g/mol. The number of phenols is 2. The zero-order valence-electron chi connectivity index (χ0n) is 17.8. The maximum atomic E-state index is 11.4. The van der Waals surface area contributed by atoms with E-state index in [1.54, 1.807) is 12.4 Å². The van der Waals surface area contributed by atoms with Gasteiger partial charge < -0.3 is 10.2 Å². The third-order valence-electron chi connectivity index (χ3n) is 6.01. The van der Waals surface area contributed by atoms with Gasteiger partial charge >= 0.3 is 0 Å². The summed E-state index contributed by atoms with van der Waals surface area (Å²) in [4.78, 5) is 8.30. The number of phenolic OH excluding ortho intramolecular Hbond substituents is 2. The molecule has 1 aromatic heterocycles. The van der Waals surface area contributed by atoms with Gasteiger partial charge in [-0.1, -0.05) is 43.6 Å². The Labute approximate surface area is 174 Å². The van der Waals surface area contributed by atoms with E-state index in [2.05, 4.69) is 36.5 Å². The molecular formula is C25H32N2O2. The molecule has 0 bridgehead atoms. The lowest BCUT2D eigenvalue weighted by Crippen LogP contribution is -2.17. The molecular weight excluding hydrogens is 360 g/mol. The number of benzene rings is 1. The number of allylic oxidation sites excluding steroid dienone is 3. The van der Waals surface area contributed by atoms with E-state index in [9.17, 15) is 10.2 Å². The maximum absolute atomic E-state index is 11.4. The number of aromatic hydroxyl groups is 2. The Morgan fingerprint density at radius 2 is 1.93 bits per heavy atom. The van der Waals surface area contributed by atoms with Crippen molar-refractivity contribution in [2.45, 2.75) is 65.2 Å². The minimum Gasteiger partial charge on any atom is -0.507 e. The monoisotopic (exact) mass is 392 g/mol. The first-order chi connectivity index (χ1) is 13.9. The summed E-state index contributed by atoms with van der Waals surface area (Å²) in [5, 5.41) is 22.4. The van der Waals surface area contributed by atoms with Crippen LogP contribution in [0.1, 0.15) is 69.9 Å². The van der Waals surface area contributed by atoms with E-state index in [0.29, 0.717) is 5.56 Å². The Kier molecular flexibility index (Phi) is 6.73. The van der Waals surface area contributed by atoms with Gasteiger partial charge in [-0.15, -0.1) is 0 Å². The third-order valence-corrected chi connectivity index (χ3v) is 6.01. The van der Waals surface area contributed by atoms with Crippen LogP contribution in [0.5, 0.6) is 11.5 Å². The normalized spacial score (nSPS) is 19.1. The standard InChI is InChI=1S/C25H32N2O2/c1-5-6-7-8-18-12-22(28)24(21-11-17(4)9-10-20(21)16(2)3)25(29)23(18)19-13-26-15-27-14-19/h11-15,20-21,28-29H,2,5-10H2,1,3-4H3. The van der Waals surface area contributed by atoms with E-state index in [4.69, 9.17) is 0 Å². The summed E-state index contributed by atoms with van der Waals surface area (Å²) in [6.45, 7) is 10.5. The van der Waals surface area contributed by atoms with Gasteiger partial charge in [-0.2, -0.15) is 0 Å². The van der Waals surface area contributed by atoms with Crippen LogP contribution in [0, 0.1) is 5.92 Å². The molecule has 0 spiro atoms. The highest BCUT2D eigenvalue weighted by Gasteiger charge is 2.32. The van der Waals surface area contributed by atoms with Gasteiger partial charge in [0.25, 0.3) is 0 Å². The predicted octanol–water partition coefficient (Wildman–Crippen LogP) is 6.30. The van der Waals surface area contributed by atoms with Crippen LogP contribution in [0.3, 0.4) is 0 Å². The number of hydrogen-bond donors (Lipinski definition) is 2. The fourth-order valence-corrected chi connectivity index (χ4v) is 4.47. The van der Waals surface area contributed by atoms with Crippen molar-refractivity contribution in [2.75, 3.05) is 0 Å². The lowest BCUT2D eigenvalue weighted by atomic mass is 9.73. The zero-order valence-corrected chi connectivity index (χ0v) is 17.8. The third kappa shape index (κ3) is 4.52. The molecule has 1 aliphatic carbocycles. The molecule has 29 heavy (non-hydrogen) atoms. The summed E-state index contributed by atoms with van der Waals surface area (Å²) >= 11 is 0. The molecule has 4 heteroatoms. The number of unbranched alkanes of at least 4 members (excludes halogenated alkanes) is 2. The molecule has 0 saturated heterocycles. The molecule has 2 aromatic rings. The number of aromatic nitrogens is 2. The van der Waals surface area contributed by atoms with Crippen LogP contribution in [0.2, 0.25) is 0 Å². The molecule has 0 radical (unpaired) electrons. The second kappa shape index (κ2) is 9.25. The van der Waals surface area contributed by atoms with Gasteiger partial charge in [0.15, 0.2) is 0 Å². The number of hydrogen-bond acceptors (Lipinski definition) is 4. The van der Waals surface area contributed by atoms with E-state index in [0.717, 1.165) is 60.8 Å². The van der Waals surface area contributed by atoms with Gasteiger partial charge in [0.2, 0.25) is 0 Å². The summed E-state index contributed by atoms with van der Waals surface area (Å²) in [6.07, 6.45) is 13.1. The quantitative estimate of drug-likeness (QED) is 0.428. The number of rotatable bonds is 7. The van der Waals surface area contributed by atoms with Gasteiger partial charge in [-0.3, -0.25) is 0 Å². The molecule has 2 N–H and O–H groups in total. The van der Waals surface area contributed by atoms with Crippen molar-refractivity contribution in [3.8, 4) is 22.6 Å². The van der Waals surface area contributed by atoms with E-state index in [1.807, 2.05) is 13.0 Å². The summed E-state index contributed by atoms with van der Waals surface area (Å²) in [5.74, 6) is 0.418. The lowest BCUT2D eigenvalue weighted by Gasteiger charge is -2.32. The summed E-state index contributed by atoms with van der Waals surface area (Å²) in [5.41, 5.74) is 5.41. The first-order valence-electron chi connectivity index (χ1n) is 10.6. The fraction of sp³-hybridized carbons (Fsp3) is 0.440. The summed E-state index contributed by atoms with van der Waals surface area (Å²) in [7, 11) is 0. The number of nitrogens with zero attached hydrogens (tertiary/aromatic N) is 2. The highest BCUT2D eigenvalue weighted by Crippen LogP contribution is 2.50. The summed E-state index contributed by atoms with van der Waals surface area (Å²) < 4.78 is 0. The molecule has 0 aliphatic heterocycles. The van der Waals surface area contributed by atoms with Gasteiger partial charge in [-0.25, -0.2) is 9.97 Å². The van der Waals surface area contributed by atoms with E-state index in [-0.39, 0.29) is 23.3 Å². The lowest BCUT2D eigenvalue weighted by molar-refractivity contribution is 0.407. The highest BCUT2D eigenvalue weighted by atomic mass is 16.3. The second-order valence-corrected chi connectivity index (χ2v) is 8.31. The van der Waals surface area contributed by atoms with Crippen LogP contribution in [0.25, 0.3) is 11.1 Å². The predicted molar refractivity (Wildman–Crippen MR) is 118 cm³/mol. The molecule has 1 aromatic carbocycles. The summed E-state index contributed by atoms with van der Waals surface area (Å²) in [6, 6.07) is 1.83. The van der Waals surface area contributed by atoms with Gasteiger partial charge in [0.1, 0.15) is 17.8 Å². The van der Waals surface area contributed by atoms with Crippen molar-refractivity contribution in [2.24, 2.45) is 5.92 Å². The van der Waals surface area contributed by atoms with Crippen LogP contribution in [-0.2, 0) is 6.42 Å². The average Bonchev–Trinajstić information content (AvgIpc) is 2.68. The zero-order chi connectivity index (χ0) is 21.0. The smallest absolute Gasteiger partial charge is 0.131 e. The minimum absolute atomic E-state index is 0.0886. The molecule has 3 rings (SSSR count). The molecule has 1 aliphatic rings. The van der Waals surface area contributed by atoms with Crippen molar-refractivity contribution in [1.29, 1.82) is 0 Å². The molecule has 0 saturated carbocycles. The van der Waals surface area contributed by atoms with Gasteiger partial charge in [0, 0.05) is 35.0 Å². The molecule has 2 unspecified atom stereocenters. The van der Waals surface area contributed by atoms with Gasteiger partial charge in [0.05, 0.1) is 0 Å². The van der Waals surface area contributed by atoms with Gasteiger partial charge in [-0.05, 0) is 57.1 Å². The SMILES string of the molecule is C=C(C)C1CCC(C)=CC1c1c(O)cc(CCCCC)c(-c2cncnc2)c1O. The van der Waals surface area contributed by atoms with Crippen molar-refractivity contribution in [3.63, 3.8) is 0 Å². The van der Waals surface area contributed by atoms with Crippen LogP contribution in [0.15, 0.2) is 48.6 Å².